The van der Waals surface area contributed by atoms with Crippen molar-refractivity contribution in [1.29, 1.82) is 0 Å². The molecule has 0 bridgehead atoms. The first-order valence-corrected chi connectivity index (χ1v) is 8.49. The highest BCUT2D eigenvalue weighted by atomic mass is 19.1. The van der Waals surface area contributed by atoms with Crippen molar-refractivity contribution in [3.8, 4) is 0 Å². The Morgan fingerprint density at radius 3 is 2.79 bits per heavy atom. The van der Waals surface area contributed by atoms with Crippen LogP contribution in [0.4, 0.5) is 10.1 Å². The Labute approximate surface area is 142 Å². The first-order valence-electron chi connectivity index (χ1n) is 8.49. The molecule has 1 heterocycles. The van der Waals surface area contributed by atoms with Crippen LogP contribution in [0.15, 0.2) is 48.5 Å². The van der Waals surface area contributed by atoms with Crippen LogP contribution in [-0.2, 0) is 17.8 Å². The van der Waals surface area contributed by atoms with Gasteiger partial charge in [-0.15, -0.1) is 0 Å². The molecule has 0 amide bonds. The van der Waals surface area contributed by atoms with E-state index in [9.17, 15) is 9.50 Å². The number of para-hydroxylation sites is 1. The smallest absolute Gasteiger partial charge is 0.128 e. The summed E-state index contributed by atoms with van der Waals surface area (Å²) in [7, 11) is 0. The number of rotatable bonds is 6. The Hall–Kier alpha value is -1.91. The molecule has 24 heavy (non-hydrogen) atoms. The fourth-order valence-corrected chi connectivity index (χ4v) is 3.24. The lowest BCUT2D eigenvalue weighted by atomic mass is 9.96. The van der Waals surface area contributed by atoms with Gasteiger partial charge in [0.1, 0.15) is 5.82 Å². The van der Waals surface area contributed by atoms with Crippen molar-refractivity contribution in [2.45, 2.75) is 38.5 Å². The van der Waals surface area contributed by atoms with E-state index in [1.807, 2.05) is 6.07 Å². The molecule has 1 N–H and O–H groups in total. The summed E-state index contributed by atoms with van der Waals surface area (Å²) >= 11 is 0. The van der Waals surface area contributed by atoms with Crippen LogP contribution in [0.2, 0.25) is 0 Å². The average Bonchev–Trinajstić information content (AvgIpc) is 2.59. The zero-order valence-corrected chi connectivity index (χ0v) is 14.0. The summed E-state index contributed by atoms with van der Waals surface area (Å²) < 4.78 is 19.1. The molecule has 0 radical (unpaired) electrons. The Balaban J connectivity index is 1.55. The van der Waals surface area contributed by atoms with Gasteiger partial charge >= 0.3 is 0 Å². The van der Waals surface area contributed by atoms with Gasteiger partial charge in [0, 0.05) is 23.8 Å². The van der Waals surface area contributed by atoms with Crippen molar-refractivity contribution in [2.24, 2.45) is 0 Å². The van der Waals surface area contributed by atoms with E-state index in [0.29, 0.717) is 18.2 Å². The lowest BCUT2D eigenvalue weighted by molar-refractivity contribution is 0.0301. The van der Waals surface area contributed by atoms with E-state index in [2.05, 4.69) is 30.0 Å². The van der Waals surface area contributed by atoms with Crippen LogP contribution in [0.3, 0.4) is 0 Å². The summed E-state index contributed by atoms with van der Waals surface area (Å²) in [6, 6.07) is 15.3. The summed E-state index contributed by atoms with van der Waals surface area (Å²) in [6.07, 6.45) is 1.55. The van der Waals surface area contributed by atoms with Crippen LogP contribution in [0.1, 0.15) is 24.5 Å². The van der Waals surface area contributed by atoms with Gasteiger partial charge in [-0.1, -0.05) is 36.4 Å². The Morgan fingerprint density at radius 2 is 1.96 bits per heavy atom. The number of ether oxygens (including phenoxy) is 1. The molecule has 1 aliphatic heterocycles. The molecule has 0 saturated carbocycles. The number of benzene rings is 2. The standard InChI is InChI=1S/C20H24FNO2/c1-15-10-11-16-6-3-5-9-20(16)22(15)12-18(23)14-24-13-17-7-2-4-8-19(17)21/h2-9,15,18,23H,10-14H2,1H3. The van der Waals surface area contributed by atoms with Gasteiger partial charge in [-0.05, 0) is 37.5 Å². The average molecular weight is 329 g/mol. The second kappa shape index (κ2) is 7.77. The molecule has 0 aromatic heterocycles. The number of nitrogens with zero attached hydrogens (tertiary/aromatic N) is 1. The molecule has 2 atom stereocenters. The van der Waals surface area contributed by atoms with Crippen molar-refractivity contribution in [1.82, 2.24) is 0 Å². The number of anilines is 1. The monoisotopic (exact) mass is 329 g/mol. The van der Waals surface area contributed by atoms with Crippen LogP contribution in [-0.4, -0.2) is 30.4 Å². The van der Waals surface area contributed by atoms with Gasteiger partial charge in [0.25, 0.3) is 0 Å². The predicted octanol–water partition coefficient (Wildman–Crippen LogP) is 3.54. The van der Waals surface area contributed by atoms with Gasteiger partial charge in [0.15, 0.2) is 0 Å². The van der Waals surface area contributed by atoms with Crippen LogP contribution in [0.5, 0.6) is 0 Å². The number of halogens is 1. The van der Waals surface area contributed by atoms with E-state index in [1.54, 1.807) is 18.2 Å². The lowest BCUT2D eigenvalue weighted by Crippen LogP contribution is -2.43. The quantitative estimate of drug-likeness (QED) is 0.880. The Morgan fingerprint density at radius 1 is 1.21 bits per heavy atom. The number of fused-ring (bicyclic) bond motifs is 1. The highest BCUT2D eigenvalue weighted by Crippen LogP contribution is 2.30. The van der Waals surface area contributed by atoms with Gasteiger partial charge in [-0.2, -0.15) is 0 Å². The molecule has 3 nitrogen and oxygen atoms in total. The van der Waals surface area contributed by atoms with Gasteiger partial charge in [-0.3, -0.25) is 0 Å². The minimum atomic E-state index is -0.606. The molecule has 4 heteroatoms. The number of aliphatic hydroxyl groups is 1. The Bertz CT molecular complexity index is 676. The largest absolute Gasteiger partial charge is 0.389 e. The maximum Gasteiger partial charge on any atom is 0.128 e. The maximum absolute atomic E-state index is 13.6. The zero-order chi connectivity index (χ0) is 16.9. The van der Waals surface area contributed by atoms with E-state index in [4.69, 9.17) is 4.74 Å². The molecule has 0 aliphatic carbocycles. The van der Waals surface area contributed by atoms with Gasteiger partial charge in [0.2, 0.25) is 0 Å². The lowest BCUT2D eigenvalue weighted by Gasteiger charge is -2.38. The first kappa shape index (κ1) is 16.9. The number of hydrogen-bond acceptors (Lipinski definition) is 3. The highest BCUT2D eigenvalue weighted by Gasteiger charge is 2.24. The number of aryl methyl sites for hydroxylation is 1. The van der Waals surface area contributed by atoms with Crippen LogP contribution in [0.25, 0.3) is 0 Å². The fourth-order valence-electron chi connectivity index (χ4n) is 3.24. The van der Waals surface area contributed by atoms with Crippen LogP contribution < -0.4 is 4.90 Å². The van der Waals surface area contributed by atoms with Crippen molar-refractivity contribution >= 4 is 5.69 Å². The first-order chi connectivity index (χ1) is 11.6. The topological polar surface area (TPSA) is 32.7 Å². The van der Waals surface area contributed by atoms with Crippen molar-refractivity contribution in [3.05, 3.63) is 65.5 Å². The van der Waals surface area contributed by atoms with E-state index in [1.165, 1.54) is 17.3 Å². The predicted molar refractivity (Wildman–Crippen MR) is 93.6 cm³/mol. The molecular weight excluding hydrogens is 305 g/mol. The van der Waals surface area contributed by atoms with E-state index in [-0.39, 0.29) is 19.0 Å². The molecule has 3 rings (SSSR count). The fraction of sp³-hybridized carbons (Fsp3) is 0.400. The third-order valence-corrected chi connectivity index (χ3v) is 4.60. The second-order valence-corrected chi connectivity index (χ2v) is 6.43. The normalized spacial score (nSPS) is 18.3. The molecule has 0 fully saturated rings. The highest BCUT2D eigenvalue weighted by molar-refractivity contribution is 5.56. The summed E-state index contributed by atoms with van der Waals surface area (Å²) in [4.78, 5) is 2.25. The SMILES string of the molecule is CC1CCc2ccccc2N1CC(O)COCc1ccccc1F. The summed E-state index contributed by atoms with van der Waals surface area (Å²) in [5.74, 6) is -0.273. The summed E-state index contributed by atoms with van der Waals surface area (Å²) in [5, 5.41) is 10.3. The molecule has 0 spiro atoms. The molecule has 2 unspecified atom stereocenters. The van der Waals surface area contributed by atoms with Gasteiger partial charge in [-0.25, -0.2) is 4.39 Å². The molecule has 1 aliphatic rings. The molecule has 0 saturated heterocycles. The zero-order valence-electron chi connectivity index (χ0n) is 14.0. The molecule has 2 aromatic carbocycles. The molecular formula is C20H24FNO2. The third kappa shape index (κ3) is 3.94. The summed E-state index contributed by atoms with van der Waals surface area (Å²) in [5.41, 5.74) is 3.04. The maximum atomic E-state index is 13.6. The van der Waals surface area contributed by atoms with Crippen molar-refractivity contribution in [3.63, 3.8) is 0 Å². The van der Waals surface area contributed by atoms with Crippen molar-refractivity contribution < 1.29 is 14.2 Å². The number of β-amino-alcohol motifs (C(OH)–C–C–N with tert-alkyl or cyclic N) is 1. The van der Waals surface area contributed by atoms with E-state index >= 15 is 0 Å². The Kier molecular flexibility index (Phi) is 5.48. The number of hydrogen-bond donors (Lipinski definition) is 1. The van der Waals surface area contributed by atoms with Crippen LogP contribution >= 0.6 is 0 Å². The summed E-state index contributed by atoms with van der Waals surface area (Å²) in [6.45, 7) is 3.08. The van der Waals surface area contributed by atoms with E-state index < -0.39 is 6.10 Å². The van der Waals surface area contributed by atoms with Crippen LogP contribution in [0, 0.1) is 5.82 Å². The number of aliphatic hydroxyl groups excluding tert-OH is 1. The molecule has 128 valence electrons. The third-order valence-electron chi connectivity index (χ3n) is 4.60. The second-order valence-electron chi connectivity index (χ2n) is 6.43. The van der Waals surface area contributed by atoms with Gasteiger partial charge in [0.05, 0.1) is 19.3 Å². The molecule has 2 aromatic rings. The minimum absolute atomic E-state index is 0.176. The van der Waals surface area contributed by atoms with Crippen molar-refractivity contribution in [2.75, 3.05) is 18.1 Å². The minimum Gasteiger partial charge on any atom is -0.389 e. The van der Waals surface area contributed by atoms with Gasteiger partial charge < -0.3 is 14.7 Å². The van der Waals surface area contributed by atoms with E-state index in [0.717, 1.165) is 12.8 Å².